The van der Waals surface area contributed by atoms with Crippen molar-refractivity contribution >= 4 is 22.0 Å². The fourth-order valence-corrected chi connectivity index (χ4v) is 4.26. The molecule has 2 aliphatic heterocycles. The third-order valence-electron chi connectivity index (χ3n) is 4.66. The second kappa shape index (κ2) is 6.51. The van der Waals surface area contributed by atoms with Gasteiger partial charge in [0.05, 0.1) is 24.5 Å². The number of hydrogen-bond acceptors (Lipinski definition) is 5. The summed E-state index contributed by atoms with van der Waals surface area (Å²) >= 11 is 0. The van der Waals surface area contributed by atoms with Gasteiger partial charge in [-0.1, -0.05) is 0 Å². The quantitative estimate of drug-likeness (QED) is 0.813. The maximum Gasteiger partial charge on any atom is 0.410 e. The lowest BCUT2D eigenvalue weighted by molar-refractivity contribution is -0.129. The number of ether oxygens (including phenoxy) is 1. The average molecular weight is 385 g/mol. The molecule has 2 fully saturated rings. The van der Waals surface area contributed by atoms with Crippen LogP contribution in [0.1, 0.15) is 12.0 Å². The predicted molar refractivity (Wildman–Crippen MR) is 89.4 cm³/mol. The van der Waals surface area contributed by atoms with Crippen LogP contribution in [0.2, 0.25) is 0 Å². The maximum atomic E-state index is 13.3. The van der Waals surface area contributed by atoms with E-state index in [9.17, 15) is 22.4 Å². The smallest absolute Gasteiger partial charge is 0.410 e. The van der Waals surface area contributed by atoms with Crippen LogP contribution in [0.15, 0.2) is 23.1 Å². The van der Waals surface area contributed by atoms with Crippen LogP contribution < -0.4 is 4.72 Å². The molecule has 8 nitrogen and oxygen atoms in total. The molecule has 2 aliphatic rings. The molecule has 0 aliphatic carbocycles. The van der Waals surface area contributed by atoms with E-state index in [1.54, 1.807) is 7.05 Å². The normalized spacial score (nSPS) is 23.0. The second-order valence-electron chi connectivity index (χ2n) is 6.71. The minimum atomic E-state index is -3.93. The molecule has 0 aromatic heterocycles. The van der Waals surface area contributed by atoms with Crippen molar-refractivity contribution < 1.29 is 27.1 Å². The van der Waals surface area contributed by atoms with Crippen molar-refractivity contribution in [1.29, 1.82) is 0 Å². The van der Waals surface area contributed by atoms with Crippen molar-refractivity contribution in [3.63, 3.8) is 0 Å². The number of rotatable bonds is 4. The highest BCUT2D eigenvalue weighted by molar-refractivity contribution is 7.89. The molecule has 0 saturated carbocycles. The molecule has 0 radical (unpaired) electrons. The Balaban J connectivity index is 1.60. The number of likely N-dealkylation sites (tertiary alicyclic amines) is 1. The standard InChI is InChI=1S/C16H20FN3O5S/c1-11-7-12(3-4-13(11)17)26(23,24)18-8-14(21)20-6-5-16(10-20)9-19(2)15(22)25-16/h3-4,7,18H,5-6,8-10H2,1-2H3/t16-/m0/s1. The van der Waals surface area contributed by atoms with Crippen LogP contribution in [0.4, 0.5) is 9.18 Å². The summed E-state index contributed by atoms with van der Waals surface area (Å²) in [6.07, 6.45) is 0.0883. The number of nitrogens with one attached hydrogen (secondary N) is 1. The van der Waals surface area contributed by atoms with Crippen molar-refractivity contribution in [2.24, 2.45) is 0 Å². The Morgan fingerprint density at radius 1 is 1.38 bits per heavy atom. The van der Waals surface area contributed by atoms with Gasteiger partial charge in [-0.25, -0.2) is 22.3 Å². The largest absolute Gasteiger partial charge is 0.439 e. The number of amides is 2. The summed E-state index contributed by atoms with van der Waals surface area (Å²) in [6.45, 7) is 2.06. The first-order valence-corrected chi connectivity index (χ1v) is 9.58. The van der Waals surface area contributed by atoms with Crippen molar-refractivity contribution in [2.75, 3.05) is 33.2 Å². The van der Waals surface area contributed by atoms with E-state index >= 15 is 0 Å². The first-order chi connectivity index (χ1) is 12.1. The van der Waals surface area contributed by atoms with E-state index in [1.807, 2.05) is 0 Å². The van der Waals surface area contributed by atoms with Crippen molar-refractivity contribution in [3.8, 4) is 0 Å². The van der Waals surface area contributed by atoms with Gasteiger partial charge in [0.2, 0.25) is 15.9 Å². The molecule has 142 valence electrons. The fraction of sp³-hybridized carbons (Fsp3) is 0.500. The second-order valence-corrected chi connectivity index (χ2v) is 8.47. The van der Waals surface area contributed by atoms with Gasteiger partial charge in [0.1, 0.15) is 5.82 Å². The molecule has 2 saturated heterocycles. The summed E-state index contributed by atoms with van der Waals surface area (Å²) < 4.78 is 45.4. The highest BCUT2D eigenvalue weighted by Crippen LogP contribution is 2.31. The maximum absolute atomic E-state index is 13.3. The fourth-order valence-electron chi connectivity index (χ4n) is 3.20. The Labute approximate surface area is 151 Å². The minimum Gasteiger partial charge on any atom is -0.439 e. The van der Waals surface area contributed by atoms with E-state index in [0.29, 0.717) is 19.5 Å². The molecule has 1 atom stereocenters. The van der Waals surface area contributed by atoms with Crippen LogP contribution in [0, 0.1) is 12.7 Å². The molecule has 2 amide bonds. The van der Waals surface area contributed by atoms with Gasteiger partial charge >= 0.3 is 6.09 Å². The molecule has 10 heteroatoms. The van der Waals surface area contributed by atoms with Gasteiger partial charge < -0.3 is 14.5 Å². The Bertz CT molecular complexity index is 859. The third kappa shape index (κ3) is 3.51. The van der Waals surface area contributed by atoms with Gasteiger partial charge in [-0.2, -0.15) is 0 Å². The van der Waals surface area contributed by atoms with Crippen molar-refractivity contribution in [1.82, 2.24) is 14.5 Å². The van der Waals surface area contributed by atoms with Crippen LogP contribution in [-0.2, 0) is 19.6 Å². The highest BCUT2D eigenvalue weighted by Gasteiger charge is 2.49. The summed E-state index contributed by atoms with van der Waals surface area (Å²) in [4.78, 5) is 26.7. The van der Waals surface area contributed by atoms with E-state index in [-0.39, 0.29) is 17.0 Å². The monoisotopic (exact) mass is 385 g/mol. The SMILES string of the molecule is Cc1cc(S(=O)(=O)NCC(=O)N2CC[C@]3(CN(C)C(=O)O3)C2)ccc1F. The summed E-state index contributed by atoms with van der Waals surface area (Å²) in [5.41, 5.74) is -0.512. The predicted octanol–water partition coefficient (Wildman–Crippen LogP) is 0.466. The van der Waals surface area contributed by atoms with Crippen molar-refractivity contribution in [2.45, 2.75) is 23.8 Å². The molecular formula is C16H20FN3O5S. The topological polar surface area (TPSA) is 96.0 Å². The van der Waals surface area contributed by atoms with E-state index in [1.165, 1.54) is 22.8 Å². The number of likely N-dealkylation sites (N-methyl/N-ethyl adjacent to an activating group) is 1. The zero-order valence-electron chi connectivity index (χ0n) is 14.5. The number of carbonyl (C=O) groups is 2. The van der Waals surface area contributed by atoms with Crippen LogP contribution >= 0.6 is 0 Å². The van der Waals surface area contributed by atoms with Gasteiger partial charge in [0, 0.05) is 20.0 Å². The first-order valence-electron chi connectivity index (χ1n) is 8.10. The number of nitrogens with zero attached hydrogens (tertiary/aromatic N) is 2. The van der Waals surface area contributed by atoms with E-state index in [4.69, 9.17) is 4.74 Å². The molecule has 0 unspecified atom stereocenters. The lowest BCUT2D eigenvalue weighted by atomic mass is 10.0. The number of aryl methyl sites for hydroxylation is 1. The van der Waals surface area contributed by atoms with Gasteiger partial charge in [0.25, 0.3) is 0 Å². The van der Waals surface area contributed by atoms with Crippen LogP contribution in [-0.4, -0.2) is 69.0 Å². The van der Waals surface area contributed by atoms with Crippen molar-refractivity contribution in [3.05, 3.63) is 29.6 Å². The van der Waals surface area contributed by atoms with Gasteiger partial charge in [-0.15, -0.1) is 0 Å². The van der Waals surface area contributed by atoms with Crippen LogP contribution in [0.3, 0.4) is 0 Å². The number of carbonyl (C=O) groups excluding carboxylic acids is 2. The highest BCUT2D eigenvalue weighted by atomic mass is 32.2. The summed E-state index contributed by atoms with van der Waals surface area (Å²) in [5, 5.41) is 0. The first kappa shape index (κ1) is 18.6. The number of benzene rings is 1. The van der Waals surface area contributed by atoms with Gasteiger partial charge in [-0.05, 0) is 30.7 Å². The van der Waals surface area contributed by atoms with Gasteiger partial charge in [0.15, 0.2) is 5.60 Å². The van der Waals surface area contributed by atoms with E-state index < -0.39 is 40.0 Å². The molecule has 3 rings (SSSR count). The molecule has 26 heavy (non-hydrogen) atoms. The molecule has 1 aromatic rings. The molecular weight excluding hydrogens is 365 g/mol. The lowest BCUT2D eigenvalue weighted by Gasteiger charge is -2.21. The Morgan fingerprint density at radius 3 is 2.73 bits per heavy atom. The lowest BCUT2D eigenvalue weighted by Crippen LogP contribution is -2.42. The number of sulfonamides is 1. The van der Waals surface area contributed by atoms with Crippen LogP contribution in [0.5, 0.6) is 0 Å². The molecule has 2 heterocycles. The summed E-state index contributed by atoms with van der Waals surface area (Å²) in [6, 6.07) is 3.43. The molecule has 1 spiro atoms. The average Bonchev–Trinajstić information content (AvgIpc) is 3.10. The minimum absolute atomic E-state index is 0.103. The number of halogens is 1. The Kier molecular flexibility index (Phi) is 4.65. The zero-order chi connectivity index (χ0) is 19.1. The van der Waals surface area contributed by atoms with Gasteiger partial charge in [-0.3, -0.25) is 4.79 Å². The molecule has 0 bridgehead atoms. The summed E-state index contributed by atoms with van der Waals surface area (Å²) in [5.74, 6) is -0.909. The number of hydrogen-bond donors (Lipinski definition) is 1. The Hall–Kier alpha value is -2.20. The third-order valence-corrected chi connectivity index (χ3v) is 6.06. The Morgan fingerprint density at radius 2 is 2.12 bits per heavy atom. The molecule has 1 N–H and O–H groups in total. The van der Waals surface area contributed by atoms with E-state index in [0.717, 1.165) is 12.1 Å². The molecule has 1 aromatic carbocycles. The van der Waals surface area contributed by atoms with Crippen LogP contribution in [0.25, 0.3) is 0 Å². The summed E-state index contributed by atoms with van der Waals surface area (Å²) in [7, 11) is -2.30. The van der Waals surface area contributed by atoms with E-state index in [2.05, 4.69) is 4.72 Å². The zero-order valence-corrected chi connectivity index (χ0v) is 15.3.